The van der Waals surface area contributed by atoms with Crippen LogP contribution in [0.1, 0.15) is 134 Å². The molecule has 0 unspecified atom stereocenters. The van der Waals surface area contributed by atoms with Crippen LogP contribution in [0.15, 0.2) is 6.33 Å². The standard InChI is InChI=1S/C35H59N5O8P2/c1-15-16-17-18-19-27-38-29(36-14)28-30(39-27)40(23-37-28)25-20-26(44-50(42,47-33(8,9)10)48-34(11,12)13)35(21-24(25)35)22-43-49(41,45-31(2,3)4)46-32(5,6)7/h23-26H,15-17,20-22H2,1-14H3,(H,36,38,39)/t24-,25+,26+,35-/m1/s1. The van der Waals surface area contributed by atoms with Gasteiger partial charge in [0.05, 0.1) is 41.4 Å². The van der Waals surface area contributed by atoms with Crippen LogP contribution in [0.25, 0.3) is 11.2 Å². The fraction of sp³-hybridized carbons (Fsp3) is 0.800. The van der Waals surface area contributed by atoms with Crippen LogP contribution in [0.4, 0.5) is 5.82 Å². The van der Waals surface area contributed by atoms with Crippen LogP contribution in [0.2, 0.25) is 0 Å². The topological polar surface area (TPSA) is 145 Å². The molecule has 0 aromatic carbocycles. The Labute approximate surface area is 298 Å². The van der Waals surface area contributed by atoms with Gasteiger partial charge < -0.3 is 9.88 Å². The monoisotopic (exact) mass is 739 g/mol. The molecule has 2 heterocycles. The van der Waals surface area contributed by atoms with Gasteiger partial charge in [0.15, 0.2) is 17.0 Å². The zero-order valence-corrected chi connectivity index (χ0v) is 34.3. The largest absolute Gasteiger partial charge is 0.476 e. The molecule has 2 aromatic rings. The van der Waals surface area contributed by atoms with Crippen LogP contribution < -0.4 is 5.32 Å². The number of unbranched alkanes of at least 4 members (excludes halogenated alkanes) is 2. The summed E-state index contributed by atoms with van der Waals surface area (Å²) in [5.41, 5.74) is -2.80. The van der Waals surface area contributed by atoms with Crippen molar-refractivity contribution in [3.8, 4) is 11.8 Å². The summed E-state index contributed by atoms with van der Waals surface area (Å²) < 4.78 is 67.4. The van der Waals surface area contributed by atoms with Crippen molar-refractivity contribution in [1.82, 2.24) is 19.5 Å². The van der Waals surface area contributed by atoms with Crippen LogP contribution >= 0.6 is 15.6 Å². The second-order valence-electron chi connectivity index (χ2n) is 17.3. The molecule has 4 rings (SSSR count). The highest BCUT2D eigenvalue weighted by Gasteiger charge is 2.70. The third-order valence-electron chi connectivity index (χ3n) is 7.90. The molecule has 13 nitrogen and oxygen atoms in total. The summed E-state index contributed by atoms with van der Waals surface area (Å²) in [6, 6.07) is -0.196. The van der Waals surface area contributed by atoms with E-state index >= 15 is 0 Å². The molecule has 2 aliphatic carbocycles. The summed E-state index contributed by atoms with van der Waals surface area (Å²) in [4.78, 5) is 14.1. The third kappa shape index (κ3) is 10.6. The molecular weight excluding hydrogens is 680 g/mol. The quantitative estimate of drug-likeness (QED) is 0.119. The predicted molar refractivity (Wildman–Crippen MR) is 195 cm³/mol. The van der Waals surface area contributed by atoms with Gasteiger partial charge in [0, 0.05) is 24.9 Å². The highest BCUT2D eigenvalue weighted by Crippen LogP contribution is 2.73. The minimum Gasteiger partial charge on any atom is -0.371 e. The van der Waals surface area contributed by atoms with Gasteiger partial charge in [-0.3, -0.25) is 27.1 Å². The Morgan fingerprint density at radius 2 is 1.46 bits per heavy atom. The van der Waals surface area contributed by atoms with E-state index in [2.05, 4.69) is 34.0 Å². The van der Waals surface area contributed by atoms with Gasteiger partial charge in [-0.15, -0.1) is 0 Å². The van der Waals surface area contributed by atoms with E-state index in [-0.39, 0.29) is 18.6 Å². The molecule has 2 aromatic heterocycles. The predicted octanol–water partition coefficient (Wildman–Crippen LogP) is 9.24. The lowest BCUT2D eigenvalue weighted by Gasteiger charge is -2.35. The summed E-state index contributed by atoms with van der Waals surface area (Å²) in [6.07, 6.45) is 4.90. The molecule has 2 fully saturated rings. The van der Waals surface area contributed by atoms with E-state index in [1.165, 1.54) is 0 Å². The zero-order valence-electron chi connectivity index (χ0n) is 32.5. The number of rotatable bonds is 13. The van der Waals surface area contributed by atoms with Gasteiger partial charge in [-0.05, 0) is 114 Å². The van der Waals surface area contributed by atoms with Gasteiger partial charge in [0.2, 0.25) is 5.82 Å². The number of nitrogens with zero attached hydrogens (tertiary/aromatic N) is 4. The van der Waals surface area contributed by atoms with Gasteiger partial charge in [-0.1, -0.05) is 19.3 Å². The average Bonchev–Trinajstić information content (AvgIpc) is 3.38. The first-order chi connectivity index (χ1) is 22.8. The van der Waals surface area contributed by atoms with Gasteiger partial charge in [-0.25, -0.2) is 24.1 Å². The normalized spacial score (nSPS) is 23.1. The molecule has 50 heavy (non-hydrogen) atoms. The first-order valence-electron chi connectivity index (χ1n) is 17.6. The molecule has 0 aliphatic heterocycles. The molecular formula is C35H59N5O8P2. The molecule has 4 atom stereocenters. The summed E-state index contributed by atoms with van der Waals surface area (Å²) in [5.74, 6) is 7.22. The third-order valence-corrected chi connectivity index (χ3v) is 11.9. The molecule has 282 valence electrons. The van der Waals surface area contributed by atoms with Crippen molar-refractivity contribution in [2.75, 3.05) is 19.0 Å². The van der Waals surface area contributed by atoms with Gasteiger partial charge in [-0.2, -0.15) is 0 Å². The number of anilines is 1. The number of hydrogen-bond donors (Lipinski definition) is 1. The van der Waals surface area contributed by atoms with Crippen molar-refractivity contribution >= 4 is 32.6 Å². The number of fused-ring (bicyclic) bond motifs is 2. The Bertz CT molecular complexity index is 1630. The number of imidazole rings is 1. The summed E-state index contributed by atoms with van der Waals surface area (Å²) in [7, 11) is -6.44. The van der Waals surface area contributed by atoms with Crippen LogP contribution in [0, 0.1) is 23.2 Å². The van der Waals surface area contributed by atoms with E-state index in [0.29, 0.717) is 35.6 Å². The Hall–Kier alpha value is -1.87. The zero-order chi connectivity index (χ0) is 37.6. The molecule has 15 heteroatoms. The number of phosphoric acid groups is 2. The SMILES string of the molecule is CCCCC#Cc1nc(NC)c2ncn([C@H]3C[C@H](OP(=O)(OC(C)(C)C)OC(C)(C)C)[C@@]4(COP(=O)(OC(C)(C)C)OC(C)(C)C)C[C@H]34)c2n1. The van der Waals surface area contributed by atoms with Crippen molar-refractivity contribution in [1.29, 1.82) is 0 Å². The Kier molecular flexibility index (Phi) is 11.9. The van der Waals surface area contributed by atoms with E-state index in [9.17, 15) is 9.13 Å². The van der Waals surface area contributed by atoms with Crippen molar-refractivity contribution in [2.45, 2.75) is 157 Å². The molecule has 0 radical (unpaired) electrons. The Morgan fingerprint density at radius 3 is 1.98 bits per heavy atom. The fourth-order valence-electron chi connectivity index (χ4n) is 6.20. The minimum atomic E-state index is -4.15. The van der Waals surface area contributed by atoms with Gasteiger partial charge in [0.1, 0.15) is 0 Å². The maximum atomic E-state index is 14.5. The lowest BCUT2D eigenvalue weighted by molar-refractivity contribution is -0.0352. The highest BCUT2D eigenvalue weighted by atomic mass is 31.2. The molecule has 2 saturated carbocycles. The van der Waals surface area contributed by atoms with Gasteiger partial charge >= 0.3 is 15.6 Å². The minimum absolute atomic E-state index is 0.0369. The Balaban J connectivity index is 1.77. The summed E-state index contributed by atoms with van der Waals surface area (Å²) >= 11 is 0. The maximum absolute atomic E-state index is 14.5. The second-order valence-corrected chi connectivity index (χ2v) is 20.3. The number of hydrogen-bond acceptors (Lipinski definition) is 12. The average molecular weight is 740 g/mol. The molecule has 1 N–H and O–H groups in total. The van der Waals surface area contributed by atoms with E-state index in [4.69, 9.17) is 32.1 Å². The lowest BCUT2D eigenvalue weighted by atomic mass is 10.0. The first-order valence-corrected chi connectivity index (χ1v) is 20.5. The maximum Gasteiger partial charge on any atom is 0.476 e. The van der Waals surface area contributed by atoms with E-state index < -0.39 is 49.6 Å². The Morgan fingerprint density at radius 1 is 0.900 bits per heavy atom. The molecule has 0 spiro atoms. The number of nitrogens with one attached hydrogen (secondary N) is 1. The van der Waals surface area contributed by atoms with Crippen LogP contribution in [0.5, 0.6) is 0 Å². The van der Waals surface area contributed by atoms with Crippen LogP contribution in [-0.4, -0.2) is 61.7 Å². The van der Waals surface area contributed by atoms with Crippen molar-refractivity contribution in [3.63, 3.8) is 0 Å². The van der Waals surface area contributed by atoms with Crippen molar-refractivity contribution in [2.24, 2.45) is 11.3 Å². The van der Waals surface area contributed by atoms with Crippen LogP contribution in [0.3, 0.4) is 0 Å². The smallest absolute Gasteiger partial charge is 0.371 e. The highest BCUT2D eigenvalue weighted by molar-refractivity contribution is 7.48. The number of aromatic nitrogens is 4. The van der Waals surface area contributed by atoms with E-state index in [1.54, 1.807) is 96.5 Å². The first kappa shape index (κ1) is 40.9. The van der Waals surface area contributed by atoms with Gasteiger partial charge in [0.25, 0.3) is 0 Å². The summed E-state index contributed by atoms with van der Waals surface area (Å²) in [6.45, 7) is 23.7. The number of phosphoric ester groups is 2. The van der Waals surface area contributed by atoms with Crippen molar-refractivity contribution in [3.05, 3.63) is 12.2 Å². The van der Waals surface area contributed by atoms with Crippen molar-refractivity contribution < 1.29 is 36.3 Å². The molecule has 2 aliphatic rings. The van der Waals surface area contributed by atoms with Crippen LogP contribution in [-0.2, 0) is 36.3 Å². The molecule has 0 saturated heterocycles. The molecule has 0 bridgehead atoms. The fourth-order valence-corrected chi connectivity index (χ4v) is 10.2. The summed E-state index contributed by atoms with van der Waals surface area (Å²) in [5, 5.41) is 3.13. The van der Waals surface area contributed by atoms with E-state index in [0.717, 1.165) is 19.3 Å². The second kappa shape index (κ2) is 14.5. The molecule has 0 amide bonds. The van der Waals surface area contributed by atoms with E-state index in [1.807, 2.05) is 4.57 Å². The lowest BCUT2D eigenvalue weighted by Crippen LogP contribution is -2.32.